The number of nitrogens with two attached hydrogens (primary N) is 1. The minimum absolute atomic E-state index is 0. The van der Waals surface area contributed by atoms with Crippen LogP contribution in [0.15, 0.2) is 12.1 Å². The van der Waals surface area contributed by atoms with Crippen molar-refractivity contribution in [1.82, 2.24) is 0 Å². The van der Waals surface area contributed by atoms with Gasteiger partial charge in [-0.3, -0.25) is 4.79 Å². The first-order valence-corrected chi connectivity index (χ1v) is 6.56. The van der Waals surface area contributed by atoms with Gasteiger partial charge in [0.15, 0.2) is 5.82 Å². The zero-order chi connectivity index (χ0) is 14.0. The van der Waals surface area contributed by atoms with Crippen molar-refractivity contribution in [3.63, 3.8) is 0 Å². The van der Waals surface area contributed by atoms with Crippen molar-refractivity contribution in [1.29, 1.82) is 0 Å². The highest BCUT2D eigenvalue weighted by Crippen LogP contribution is 2.29. The second kappa shape index (κ2) is 7.20. The van der Waals surface area contributed by atoms with Crippen molar-refractivity contribution < 1.29 is 13.6 Å². The molecule has 0 bridgehead atoms. The smallest absolute Gasteiger partial charge is 0.227 e. The molecule has 0 aliphatic heterocycles. The Hall–Kier alpha value is -0.910. The van der Waals surface area contributed by atoms with Crippen LogP contribution >= 0.6 is 24.0 Å². The fourth-order valence-corrected chi connectivity index (χ4v) is 2.51. The standard InChI is InChI=1S/C13H15ClF2N2O.ClH/c14-10-5-8(15)6-11(16)12(10)18-13(19)7-1-3-9(17)4-2-7;/h5-7,9H,1-4,17H2,(H,18,19);1H. The Balaban J connectivity index is 0.00000200. The number of carbonyl (C=O) groups excluding carboxylic acids is 1. The summed E-state index contributed by atoms with van der Waals surface area (Å²) in [7, 11) is 0. The first-order chi connectivity index (χ1) is 8.97. The number of hydrogen-bond acceptors (Lipinski definition) is 2. The van der Waals surface area contributed by atoms with E-state index in [1.54, 1.807) is 0 Å². The number of benzene rings is 1. The largest absolute Gasteiger partial charge is 0.328 e. The minimum Gasteiger partial charge on any atom is -0.328 e. The van der Waals surface area contributed by atoms with Crippen LogP contribution in [0, 0.1) is 17.6 Å². The molecule has 1 aromatic carbocycles. The minimum atomic E-state index is -0.870. The zero-order valence-electron chi connectivity index (χ0n) is 10.7. The topological polar surface area (TPSA) is 55.1 Å². The molecule has 1 saturated carbocycles. The monoisotopic (exact) mass is 324 g/mol. The van der Waals surface area contributed by atoms with E-state index < -0.39 is 11.6 Å². The third-order valence-corrected chi connectivity index (χ3v) is 3.70. The molecule has 0 heterocycles. The summed E-state index contributed by atoms with van der Waals surface area (Å²) in [6.45, 7) is 0. The molecule has 1 aromatic rings. The van der Waals surface area contributed by atoms with Crippen molar-refractivity contribution in [3.8, 4) is 0 Å². The molecule has 1 aliphatic rings. The summed E-state index contributed by atoms with van der Waals surface area (Å²) in [6, 6.07) is 1.80. The lowest BCUT2D eigenvalue weighted by Gasteiger charge is -2.25. The van der Waals surface area contributed by atoms with Gasteiger partial charge in [-0.1, -0.05) is 11.6 Å². The van der Waals surface area contributed by atoms with E-state index in [1.807, 2.05) is 0 Å². The number of anilines is 1. The van der Waals surface area contributed by atoms with Gasteiger partial charge in [0.1, 0.15) is 5.82 Å². The molecule has 2 rings (SSSR count). The van der Waals surface area contributed by atoms with E-state index in [0.29, 0.717) is 18.9 Å². The van der Waals surface area contributed by atoms with E-state index in [2.05, 4.69) is 5.32 Å². The van der Waals surface area contributed by atoms with Crippen LogP contribution in [0.25, 0.3) is 0 Å². The van der Waals surface area contributed by atoms with Crippen molar-refractivity contribution in [2.45, 2.75) is 31.7 Å². The molecular formula is C13H16Cl2F2N2O. The Morgan fingerprint density at radius 2 is 1.85 bits per heavy atom. The summed E-state index contributed by atoms with van der Waals surface area (Å²) < 4.78 is 26.4. The van der Waals surface area contributed by atoms with Crippen molar-refractivity contribution in [2.75, 3.05) is 5.32 Å². The van der Waals surface area contributed by atoms with Gasteiger partial charge in [-0.25, -0.2) is 8.78 Å². The molecule has 0 saturated heterocycles. The summed E-state index contributed by atoms with van der Waals surface area (Å²) in [6.07, 6.45) is 2.90. The molecule has 0 atom stereocenters. The van der Waals surface area contributed by atoms with Gasteiger partial charge >= 0.3 is 0 Å². The molecule has 0 aromatic heterocycles. The maximum absolute atomic E-state index is 13.5. The van der Waals surface area contributed by atoms with E-state index in [1.165, 1.54) is 0 Å². The first kappa shape index (κ1) is 17.1. The fraction of sp³-hybridized carbons (Fsp3) is 0.462. The summed E-state index contributed by atoms with van der Waals surface area (Å²) in [5, 5.41) is 2.30. The van der Waals surface area contributed by atoms with Crippen LogP contribution in [0.2, 0.25) is 5.02 Å². The summed E-state index contributed by atoms with van der Waals surface area (Å²) >= 11 is 5.73. The maximum Gasteiger partial charge on any atom is 0.227 e. The lowest BCUT2D eigenvalue weighted by atomic mass is 9.86. The molecule has 112 valence electrons. The quantitative estimate of drug-likeness (QED) is 0.874. The number of nitrogens with one attached hydrogen (secondary N) is 1. The lowest BCUT2D eigenvalue weighted by molar-refractivity contribution is -0.120. The van der Waals surface area contributed by atoms with Crippen molar-refractivity contribution >= 4 is 35.6 Å². The molecule has 7 heteroatoms. The number of hydrogen-bond donors (Lipinski definition) is 2. The normalized spacial score (nSPS) is 22.0. The van der Waals surface area contributed by atoms with Gasteiger partial charge < -0.3 is 11.1 Å². The third kappa shape index (κ3) is 4.04. The molecule has 3 nitrogen and oxygen atoms in total. The Morgan fingerprint density at radius 1 is 1.25 bits per heavy atom. The Labute approximate surface area is 127 Å². The molecule has 1 amide bonds. The first-order valence-electron chi connectivity index (χ1n) is 6.18. The van der Waals surface area contributed by atoms with Gasteiger partial charge in [-0.15, -0.1) is 12.4 Å². The molecule has 1 aliphatic carbocycles. The Bertz CT molecular complexity index is 468. The summed E-state index contributed by atoms with van der Waals surface area (Å²) in [5.41, 5.74) is 5.60. The van der Waals surface area contributed by atoms with Crippen LogP contribution in [0.4, 0.5) is 14.5 Å². The second-order valence-electron chi connectivity index (χ2n) is 4.85. The van der Waals surface area contributed by atoms with Gasteiger partial charge in [0.05, 0.1) is 10.7 Å². The van der Waals surface area contributed by atoms with E-state index in [-0.39, 0.29) is 41.0 Å². The SMILES string of the molecule is Cl.NC1CCC(C(=O)Nc2c(F)cc(F)cc2Cl)CC1. The van der Waals surface area contributed by atoms with Crippen LogP contribution in [0.1, 0.15) is 25.7 Å². The predicted octanol–water partition coefficient (Wildman–Crippen LogP) is 3.50. The number of carbonyl (C=O) groups is 1. The zero-order valence-corrected chi connectivity index (χ0v) is 12.2. The molecular weight excluding hydrogens is 309 g/mol. The van der Waals surface area contributed by atoms with Gasteiger partial charge in [0.25, 0.3) is 0 Å². The molecule has 1 fully saturated rings. The van der Waals surface area contributed by atoms with Crippen molar-refractivity contribution in [2.24, 2.45) is 11.7 Å². The predicted molar refractivity (Wildman–Crippen MR) is 77.2 cm³/mol. The van der Waals surface area contributed by atoms with Crippen LogP contribution in [0.3, 0.4) is 0 Å². The van der Waals surface area contributed by atoms with E-state index >= 15 is 0 Å². The Kier molecular flexibility index (Phi) is 6.17. The average Bonchev–Trinajstić information content (AvgIpc) is 2.34. The molecule has 0 spiro atoms. The summed E-state index contributed by atoms with van der Waals surface area (Å²) in [5.74, 6) is -2.13. The highest BCUT2D eigenvalue weighted by molar-refractivity contribution is 6.33. The van der Waals surface area contributed by atoms with Crippen LogP contribution in [-0.4, -0.2) is 11.9 Å². The average molecular weight is 325 g/mol. The van der Waals surface area contributed by atoms with Gasteiger partial charge in [-0.05, 0) is 31.7 Å². The molecule has 3 N–H and O–H groups in total. The number of halogens is 4. The van der Waals surface area contributed by atoms with Crippen molar-refractivity contribution in [3.05, 3.63) is 28.8 Å². The van der Waals surface area contributed by atoms with E-state index in [4.69, 9.17) is 17.3 Å². The molecule has 0 radical (unpaired) electrons. The van der Waals surface area contributed by atoms with Gasteiger partial charge in [-0.2, -0.15) is 0 Å². The van der Waals surface area contributed by atoms with Gasteiger partial charge in [0, 0.05) is 18.0 Å². The summed E-state index contributed by atoms with van der Waals surface area (Å²) in [4.78, 5) is 12.0. The highest BCUT2D eigenvalue weighted by Gasteiger charge is 2.25. The lowest BCUT2D eigenvalue weighted by Crippen LogP contribution is -2.32. The van der Waals surface area contributed by atoms with Gasteiger partial charge in [0.2, 0.25) is 5.91 Å². The molecule has 0 unspecified atom stereocenters. The Morgan fingerprint density at radius 3 is 2.40 bits per heavy atom. The molecule has 20 heavy (non-hydrogen) atoms. The third-order valence-electron chi connectivity index (χ3n) is 3.40. The second-order valence-corrected chi connectivity index (χ2v) is 5.25. The number of rotatable bonds is 2. The van der Waals surface area contributed by atoms with E-state index in [0.717, 1.165) is 18.9 Å². The van der Waals surface area contributed by atoms with Crippen LogP contribution in [0.5, 0.6) is 0 Å². The fourth-order valence-electron chi connectivity index (χ4n) is 2.27. The van der Waals surface area contributed by atoms with Crippen LogP contribution < -0.4 is 11.1 Å². The van der Waals surface area contributed by atoms with E-state index in [9.17, 15) is 13.6 Å². The highest BCUT2D eigenvalue weighted by atomic mass is 35.5. The number of amides is 1. The van der Waals surface area contributed by atoms with Crippen LogP contribution in [-0.2, 0) is 4.79 Å². The maximum atomic E-state index is 13.5.